The Labute approximate surface area is 362 Å². The molecule has 8 aromatic rings. The van der Waals surface area contributed by atoms with Gasteiger partial charge in [-0.15, -0.1) is 0 Å². The first-order chi connectivity index (χ1) is 29.7. The number of hydrogen-bond donors (Lipinski definition) is 0. The smallest absolute Gasteiger partial charge is 0.0626 e. The van der Waals surface area contributed by atoms with Gasteiger partial charge in [-0.05, 0) is 0 Å². The van der Waals surface area contributed by atoms with Crippen molar-refractivity contribution in [1.29, 1.82) is 0 Å². The molecular weight excluding hydrogens is 785 g/mol. The summed E-state index contributed by atoms with van der Waals surface area (Å²) in [5, 5.41) is 12.8. The van der Waals surface area contributed by atoms with Crippen molar-refractivity contribution in [3.63, 3.8) is 0 Å². The van der Waals surface area contributed by atoms with E-state index in [0.29, 0.717) is 0 Å². The fraction of sp³-hybridized carbons (Fsp3) is 0.143. The molecular formula is C56H56Si4. The summed E-state index contributed by atoms with van der Waals surface area (Å²) in [6, 6.07) is 105. The Balaban J connectivity index is 1.35. The molecule has 9 rings (SSSR count). The molecule has 1 heterocycles. The Bertz CT molecular complexity index is 1970. The Hall–Kier alpha value is -5.37. The third-order valence-electron chi connectivity index (χ3n) is 14.5. The monoisotopic (exact) mass is 840 g/mol. The van der Waals surface area contributed by atoms with Gasteiger partial charge < -0.3 is 0 Å². The topological polar surface area (TPSA) is 0 Å². The van der Waals surface area contributed by atoms with Gasteiger partial charge in [0, 0.05) is 0 Å². The molecule has 0 amide bonds. The second-order valence-corrected chi connectivity index (χ2v) is 34.5. The van der Waals surface area contributed by atoms with Crippen LogP contribution >= 0.6 is 0 Å². The van der Waals surface area contributed by atoms with E-state index < -0.39 is 32.3 Å². The zero-order valence-corrected chi connectivity index (χ0v) is 38.8. The predicted molar refractivity (Wildman–Crippen MR) is 270 cm³/mol. The quantitative estimate of drug-likeness (QED) is 0.134. The molecule has 0 atom stereocenters. The maximum absolute atomic E-state index is 2.51. The van der Waals surface area contributed by atoms with Crippen molar-refractivity contribution in [3.8, 4) is 0 Å². The van der Waals surface area contributed by atoms with E-state index in [1.165, 1.54) is 48.4 Å². The molecule has 0 aliphatic carbocycles. The lowest BCUT2D eigenvalue weighted by atomic mass is 10.4. The van der Waals surface area contributed by atoms with Crippen LogP contribution in [-0.4, -0.2) is 32.3 Å². The molecule has 1 aliphatic rings. The fourth-order valence-corrected chi connectivity index (χ4v) is 38.5. The summed E-state index contributed by atoms with van der Waals surface area (Å²) >= 11 is 0. The van der Waals surface area contributed by atoms with Crippen LogP contribution in [0, 0.1) is 0 Å². The van der Waals surface area contributed by atoms with Gasteiger partial charge in [0.15, 0.2) is 0 Å². The normalized spacial score (nSPS) is 17.3. The molecule has 0 bridgehead atoms. The van der Waals surface area contributed by atoms with E-state index in [1.807, 2.05) is 0 Å². The van der Waals surface area contributed by atoms with Crippen molar-refractivity contribution in [1.82, 2.24) is 0 Å². The lowest BCUT2D eigenvalue weighted by Gasteiger charge is -2.45. The average molecular weight is 841 g/mol. The minimum absolute atomic E-state index is 1.23. The van der Waals surface area contributed by atoms with Gasteiger partial charge in [0.2, 0.25) is 0 Å². The first-order valence-corrected chi connectivity index (χ1v) is 31.8. The molecule has 0 unspecified atom stereocenters. The molecule has 1 fully saturated rings. The van der Waals surface area contributed by atoms with E-state index in [1.54, 1.807) is 41.5 Å². The van der Waals surface area contributed by atoms with Gasteiger partial charge in [0.05, 0.1) is 0 Å². The van der Waals surface area contributed by atoms with Crippen molar-refractivity contribution in [2.75, 3.05) is 0 Å². The summed E-state index contributed by atoms with van der Waals surface area (Å²) in [6.45, 7) is 0. The van der Waals surface area contributed by atoms with Crippen molar-refractivity contribution in [2.45, 2.75) is 48.4 Å². The number of hydrogen-bond acceptors (Lipinski definition) is 0. The van der Waals surface area contributed by atoms with Crippen LogP contribution in [0.2, 0.25) is 48.4 Å². The van der Waals surface area contributed by atoms with Crippen molar-refractivity contribution in [2.24, 2.45) is 0 Å². The Morgan fingerprint density at radius 1 is 0.150 bits per heavy atom. The maximum atomic E-state index is 2.51. The van der Waals surface area contributed by atoms with E-state index in [0.717, 1.165) is 0 Å². The first-order valence-electron chi connectivity index (χ1n) is 22.1. The molecule has 1 aliphatic heterocycles. The molecule has 0 N–H and O–H groups in total. The van der Waals surface area contributed by atoms with Gasteiger partial charge in [0.1, 0.15) is 32.3 Å². The summed E-state index contributed by atoms with van der Waals surface area (Å²) in [7, 11) is -9.61. The molecule has 60 heavy (non-hydrogen) atoms. The van der Waals surface area contributed by atoms with Crippen LogP contribution in [0.5, 0.6) is 0 Å². The van der Waals surface area contributed by atoms with Crippen LogP contribution < -0.4 is 41.5 Å². The van der Waals surface area contributed by atoms with Crippen LogP contribution in [0.1, 0.15) is 0 Å². The predicted octanol–water partition coefficient (Wildman–Crippen LogP) is 9.05. The van der Waals surface area contributed by atoms with Crippen LogP contribution in [0.15, 0.2) is 243 Å². The van der Waals surface area contributed by atoms with E-state index in [9.17, 15) is 0 Å². The molecule has 296 valence electrons. The highest BCUT2D eigenvalue weighted by atomic mass is 28.3. The third-order valence-corrected chi connectivity index (χ3v) is 36.9. The Morgan fingerprint density at radius 2 is 0.250 bits per heavy atom. The molecule has 0 radical (unpaired) electrons. The largest absolute Gasteiger partial charge is 0.117 e. The zero-order valence-electron chi connectivity index (χ0n) is 34.8. The second-order valence-electron chi connectivity index (χ2n) is 17.3. The van der Waals surface area contributed by atoms with E-state index in [4.69, 9.17) is 0 Å². The minimum Gasteiger partial charge on any atom is -0.0626 e. The van der Waals surface area contributed by atoms with Crippen molar-refractivity contribution >= 4 is 73.8 Å². The average Bonchev–Trinajstić information content (AvgIpc) is 3.34. The van der Waals surface area contributed by atoms with Crippen molar-refractivity contribution in [3.05, 3.63) is 243 Å². The van der Waals surface area contributed by atoms with Crippen LogP contribution in [-0.2, 0) is 0 Å². The zero-order chi connectivity index (χ0) is 40.6. The Morgan fingerprint density at radius 3 is 0.350 bits per heavy atom. The maximum Gasteiger partial charge on any atom is 0.117 e. The van der Waals surface area contributed by atoms with Gasteiger partial charge in [-0.1, -0.05) is 333 Å². The summed E-state index contributed by atoms with van der Waals surface area (Å²) in [4.78, 5) is 0. The van der Waals surface area contributed by atoms with Gasteiger partial charge in [-0.3, -0.25) is 0 Å². The molecule has 0 nitrogen and oxygen atoms in total. The van der Waals surface area contributed by atoms with Gasteiger partial charge in [0.25, 0.3) is 0 Å². The standard InChI is InChI=1S/C56H56Si4/c1-9-25-49(26-10-1)57(50-27-11-2-12-28-50)41-43-58(51-29-13-3-14-30-51,52-31-15-4-16-32-52)45-47-60(55-37-21-7-22-38-55,56-39-23-8-24-40-56)48-46-59(44-42-57,53-33-17-5-18-34-53)54-35-19-6-20-36-54/h1-40H,41-48H2. The summed E-state index contributed by atoms with van der Waals surface area (Å²) in [5.74, 6) is 0. The van der Waals surface area contributed by atoms with Crippen LogP contribution in [0.25, 0.3) is 0 Å². The molecule has 1 saturated heterocycles. The van der Waals surface area contributed by atoms with Gasteiger partial charge in [-0.2, -0.15) is 0 Å². The first kappa shape index (κ1) is 40.1. The highest BCUT2D eigenvalue weighted by molar-refractivity contribution is 7.11. The summed E-state index contributed by atoms with van der Waals surface area (Å²) in [5.41, 5.74) is 0. The lowest BCUT2D eigenvalue weighted by molar-refractivity contribution is 1.15. The van der Waals surface area contributed by atoms with Crippen LogP contribution in [0.4, 0.5) is 0 Å². The molecule has 0 spiro atoms. The fourth-order valence-electron chi connectivity index (χ4n) is 11.2. The third kappa shape index (κ3) is 7.74. The summed E-state index contributed by atoms with van der Waals surface area (Å²) in [6.07, 6.45) is 0. The summed E-state index contributed by atoms with van der Waals surface area (Å²) < 4.78 is 0. The molecule has 8 aromatic carbocycles. The van der Waals surface area contributed by atoms with E-state index in [-0.39, 0.29) is 0 Å². The highest BCUT2D eigenvalue weighted by Crippen LogP contribution is 2.37. The molecule has 0 saturated carbocycles. The molecule has 0 aromatic heterocycles. The van der Waals surface area contributed by atoms with E-state index in [2.05, 4.69) is 243 Å². The van der Waals surface area contributed by atoms with Gasteiger partial charge in [-0.25, -0.2) is 0 Å². The number of benzene rings is 8. The number of rotatable bonds is 8. The van der Waals surface area contributed by atoms with Crippen LogP contribution in [0.3, 0.4) is 0 Å². The Kier molecular flexibility index (Phi) is 12.1. The van der Waals surface area contributed by atoms with E-state index >= 15 is 0 Å². The van der Waals surface area contributed by atoms with Crippen molar-refractivity contribution < 1.29 is 0 Å². The van der Waals surface area contributed by atoms with Gasteiger partial charge >= 0.3 is 0 Å². The second kappa shape index (κ2) is 18.1. The molecule has 4 heteroatoms. The minimum atomic E-state index is -2.40. The lowest BCUT2D eigenvalue weighted by Crippen LogP contribution is -2.68. The highest BCUT2D eigenvalue weighted by Gasteiger charge is 2.50. The SMILES string of the molecule is c1ccc([Si]2(c3ccccc3)CC[Si](c3ccccc3)(c3ccccc3)CC[Si](c3ccccc3)(c3ccccc3)CC[Si](c3ccccc3)(c3ccccc3)CC2)cc1.